The molecule has 1 aliphatic rings. The monoisotopic (exact) mass is 407 g/mol. The summed E-state index contributed by atoms with van der Waals surface area (Å²) in [7, 11) is 1.53. The first-order valence-electron chi connectivity index (χ1n) is 8.58. The number of halogens is 2. The number of methoxy groups -OCH3 is 1. The molecule has 5 nitrogen and oxygen atoms in total. The van der Waals surface area contributed by atoms with E-state index in [1.54, 1.807) is 24.3 Å². The third kappa shape index (κ3) is 4.54. The highest BCUT2D eigenvalue weighted by molar-refractivity contribution is 6.37. The molecule has 2 aromatic rings. The lowest BCUT2D eigenvalue weighted by Crippen LogP contribution is -2.08. The molecule has 0 saturated carbocycles. The molecule has 2 aromatic carbocycles. The molecule has 1 aliphatic heterocycles. The van der Waals surface area contributed by atoms with E-state index in [0.29, 0.717) is 34.4 Å². The number of benzene rings is 2. The van der Waals surface area contributed by atoms with Crippen molar-refractivity contribution in [2.75, 3.05) is 7.11 Å². The number of carbonyl (C=O) groups excluding carboxylic acids is 1. The van der Waals surface area contributed by atoms with Gasteiger partial charge in [-0.1, -0.05) is 47.4 Å². The maximum absolute atomic E-state index is 11.7. The van der Waals surface area contributed by atoms with Crippen molar-refractivity contribution in [1.29, 1.82) is 0 Å². The lowest BCUT2D eigenvalue weighted by Gasteiger charge is -2.13. The van der Waals surface area contributed by atoms with Gasteiger partial charge in [0, 0.05) is 23.4 Å². The van der Waals surface area contributed by atoms with Gasteiger partial charge in [-0.2, -0.15) is 0 Å². The Kier molecular flexibility index (Phi) is 6.24. The second-order valence-electron chi connectivity index (χ2n) is 6.09. The van der Waals surface area contributed by atoms with E-state index in [2.05, 4.69) is 5.16 Å². The van der Waals surface area contributed by atoms with Crippen molar-refractivity contribution in [2.24, 2.45) is 5.16 Å². The number of esters is 1. The summed E-state index contributed by atoms with van der Waals surface area (Å²) >= 11 is 12.2. The highest BCUT2D eigenvalue weighted by Crippen LogP contribution is 2.36. The van der Waals surface area contributed by atoms with E-state index in [1.807, 2.05) is 19.1 Å². The molecule has 0 aliphatic carbocycles. The first-order valence-corrected chi connectivity index (χ1v) is 9.34. The van der Waals surface area contributed by atoms with Crippen molar-refractivity contribution in [3.8, 4) is 11.5 Å². The van der Waals surface area contributed by atoms with Gasteiger partial charge in [0.25, 0.3) is 0 Å². The van der Waals surface area contributed by atoms with E-state index in [0.717, 1.165) is 23.3 Å². The quantitative estimate of drug-likeness (QED) is 0.463. The minimum atomic E-state index is -0.288. The highest BCUT2D eigenvalue weighted by Gasteiger charge is 2.26. The first-order chi connectivity index (χ1) is 13.0. The van der Waals surface area contributed by atoms with Crippen LogP contribution in [0.4, 0.5) is 0 Å². The summed E-state index contributed by atoms with van der Waals surface area (Å²) in [6.07, 6.45) is 1.36. The molecule has 0 radical (unpaired) electrons. The molecule has 142 valence electrons. The molecule has 0 saturated heterocycles. The maximum Gasteiger partial charge on any atom is 0.311 e. The minimum absolute atomic E-state index is 0.277. The predicted octanol–water partition coefficient (Wildman–Crippen LogP) is 5.57. The molecule has 0 amide bonds. The van der Waals surface area contributed by atoms with E-state index in [9.17, 15) is 4.79 Å². The summed E-state index contributed by atoms with van der Waals surface area (Å²) in [4.78, 5) is 17.3. The summed E-state index contributed by atoms with van der Waals surface area (Å²) in [5, 5.41) is 5.26. The molecule has 0 bridgehead atoms. The van der Waals surface area contributed by atoms with Gasteiger partial charge in [0.05, 0.1) is 17.8 Å². The van der Waals surface area contributed by atoms with E-state index < -0.39 is 0 Å². The van der Waals surface area contributed by atoms with E-state index in [4.69, 9.17) is 37.5 Å². The lowest BCUT2D eigenvalue weighted by atomic mass is 10.00. The minimum Gasteiger partial charge on any atom is -0.493 e. The van der Waals surface area contributed by atoms with Crippen LogP contribution < -0.4 is 9.47 Å². The molecular formula is C20H19Cl2NO4. The van der Waals surface area contributed by atoms with Gasteiger partial charge in [0.1, 0.15) is 0 Å². The number of hydrogen-bond donors (Lipinski definition) is 0. The van der Waals surface area contributed by atoms with Crippen LogP contribution in [-0.4, -0.2) is 18.8 Å². The summed E-state index contributed by atoms with van der Waals surface area (Å²) in [6.45, 7) is 1.92. The topological polar surface area (TPSA) is 57.1 Å². The average Bonchev–Trinajstić information content (AvgIpc) is 3.12. The zero-order chi connectivity index (χ0) is 19.4. The standard InChI is InChI=1S/C20H19Cl2NO4/c1-3-4-20(24)26-17-8-5-12(9-19(17)25-2)18-11-16(23-27-18)14-7-6-13(21)10-15(14)22/h5-10,18H,3-4,11H2,1-2H3. The van der Waals surface area contributed by atoms with E-state index >= 15 is 0 Å². The van der Waals surface area contributed by atoms with Crippen LogP contribution in [0.2, 0.25) is 10.0 Å². The summed E-state index contributed by atoms with van der Waals surface area (Å²) in [5.74, 6) is 0.571. The number of rotatable bonds is 6. The van der Waals surface area contributed by atoms with Gasteiger partial charge < -0.3 is 14.3 Å². The molecular weight excluding hydrogens is 389 g/mol. The van der Waals surface area contributed by atoms with Crippen LogP contribution in [0.25, 0.3) is 0 Å². The molecule has 7 heteroatoms. The van der Waals surface area contributed by atoms with Crippen molar-refractivity contribution in [1.82, 2.24) is 0 Å². The van der Waals surface area contributed by atoms with Gasteiger partial charge in [-0.15, -0.1) is 0 Å². The van der Waals surface area contributed by atoms with Crippen LogP contribution in [0.5, 0.6) is 11.5 Å². The number of nitrogens with zero attached hydrogens (tertiary/aromatic N) is 1. The largest absolute Gasteiger partial charge is 0.493 e. The Morgan fingerprint density at radius 1 is 1.22 bits per heavy atom. The molecule has 0 fully saturated rings. The average molecular weight is 408 g/mol. The van der Waals surface area contributed by atoms with Crippen LogP contribution in [0.1, 0.15) is 43.4 Å². The van der Waals surface area contributed by atoms with Crippen molar-refractivity contribution >= 4 is 34.9 Å². The van der Waals surface area contributed by atoms with Crippen LogP contribution in [0.15, 0.2) is 41.6 Å². The highest BCUT2D eigenvalue weighted by atomic mass is 35.5. The number of carbonyl (C=O) groups is 1. The molecule has 1 heterocycles. The molecule has 0 aromatic heterocycles. The zero-order valence-corrected chi connectivity index (χ0v) is 16.5. The second-order valence-corrected chi connectivity index (χ2v) is 6.94. The Morgan fingerprint density at radius 2 is 2.04 bits per heavy atom. The van der Waals surface area contributed by atoms with E-state index in [1.165, 1.54) is 7.11 Å². The Labute approximate surface area is 167 Å². The smallest absolute Gasteiger partial charge is 0.311 e. The number of ether oxygens (including phenoxy) is 2. The van der Waals surface area contributed by atoms with Gasteiger partial charge in [-0.3, -0.25) is 4.79 Å². The van der Waals surface area contributed by atoms with Gasteiger partial charge in [-0.25, -0.2) is 0 Å². The van der Waals surface area contributed by atoms with Crippen molar-refractivity contribution in [3.05, 3.63) is 57.6 Å². The Hall–Kier alpha value is -2.24. The van der Waals surface area contributed by atoms with Crippen LogP contribution in [-0.2, 0) is 9.63 Å². The predicted molar refractivity (Wildman–Crippen MR) is 105 cm³/mol. The zero-order valence-electron chi connectivity index (χ0n) is 15.0. The van der Waals surface area contributed by atoms with Crippen molar-refractivity contribution < 1.29 is 19.1 Å². The van der Waals surface area contributed by atoms with Gasteiger partial charge in [-0.05, 0) is 36.2 Å². The Morgan fingerprint density at radius 3 is 2.74 bits per heavy atom. The Balaban J connectivity index is 1.75. The number of hydrogen-bond acceptors (Lipinski definition) is 5. The van der Waals surface area contributed by atoms with Gasteiger partial charge >= 0.3 is 5.97 Å². The lowest BCUT2D eigenvalue weighted by molar-refractivity contribution is -0.134. The SMILES string of the molecule is CCCC(=O)Oc1ccc(C2CC(c3ccc(Cl)cc3Cl)=NO2)cc1OC. The van der Waals surface area contributed by atoms with E-state index in [-0.39, 0.29) is 12.1 Å². The molecule has 1 unspecified atom stereocenters. The molecule has 0 N–H and O–H groups in total. The Bertz CT molecular complexity index is 882. The summed E-state index contributed by atoms with van der Waals surface area (Å²) in [5.41, 5.74) is 2.41. The van der Waals surface area contributed by atoms with Crippen molar-refractivity contribution in [2.45, 2.75) is 32.3 Å². The van der Waals surface area contributed by atoms with Crippen molar-refractivity contribution in [3.63, 3.8) is 0 Å². The third-order valence-corrected chi connectivity index (χ3v) is 4.70. The molecule has 3 rings (SSSR count). The van der Waals surface area contributed by atoms with Gasteiger partial charge in [0.2, 0.25) is 0 Å². The number of oxime groups is 1. The second kappa shape index (κ2) is 8.63. The first kappa shape index (κ1) is 19.5. The summed E-state index contributed by atoms with van der Waals surface area (Å²) < 4.78 is 10.7. The summed E-state index contributed by atoms with van der Waals surface area (Å²) in [6, 6.07) is 10.6. The van der Waals surface area contributed by atoms with Crippen LogP contribution >= 0.6 is 23.2 Å². The maximum atomic E-state index is 11.7. The fraction of sp³-hybridized carbons (Fsp3) is 0.300. The fourth-order valence-corrected chi connectivity index (χ4v) is 3.30. The molecule has 1 atom stereocenters. The van der Waals surface area contributed by atoms with Crippen LogP contribution in [0.3, 0.4) is 0 Å². The fourth-order valence-electron chi connectivity index (χ4n) is 2.79. The molecule has 27 heavy (non-hydrogen) atoms. The normalized spacial score (nSPS) is 15.9. The van der Waals surface area contributed by atoms with Crippen LogP contribution in [0, 0.1) is 0 Å². The third-order valence-electron chi connectivity index (χ3n) is 4.15. The molecule has 0 spiro atoms. The van der Waals surface area contributed by atoms with Gasteiger partial charge in [0.15, 0.2) is 17.6 Å².